The van der Waals surface area contributed by atoms with Gasteiger partial charge in [-0.25, -0.2) is 0 Å². The monoisotopic (exact) mass is 256 g/mol. The zero-order valence-electron chi connectivity index (χ0n) is 9.30. The lowest BCUT2D eigenvalue weighted by Gasteiger charge is -2.13. The minimum Gasteiger partial charge on any atom is -0.386 e. The maximum Gasteiger partial charge on any atom is 0.416 e. The molecule has 0 saturated carbocycles. The third kappa shape index (κ3) is 2.89. The molecule has 6 heteroatoms. The standard InChI is InChI=1S/C12H11F3N2O/c13-12(14,15)10-4-1-3-9(7-10)11(18)8-17-6-2-5-16-17/h1-7,11,18H,8H2. The lowest BCUT2D eigenvalue weighted by molar-refractivity contribution is -0.137. The second-order valence-electron chi connectivity index (χ2n) is 3.87. The first-order valence-electron chi connectivity index (χ1n) is 5.29. The fourth-order valence-electron chi connectivity index (χ4n) is 1.61. The number of aliphatic hydroxyl groups excluding tert-OH is 1. The summed E-state index contributed by atoms with van der Waals surface area (Å²) in [5.74, 6) is 0. The van der Waals surface area contributed by atoms with Crippen LogP contribution in [0.4, 0.5) is 13.2 Å². The summed E-state index contributed by atoms with van der Waals surface area (Å²) < 4.78 is 39.0. The summed E-state index contributed by atoms with van der Waals surface area (Å²) in [6.07, 6.45) is -2.25. The highest BCUT2D eigenvalue weighted by Crippen LogP contribution is 2.30. The second kappa shape index (κ2) is 4.81. The van der Waals surface area contributed by atoms with Gasteiger partial charge in [-0.05, 0) is 23.8 Å². The van der Waals surface area contributed by atoms with Gasteiger partial charge < -0.3 is 5.11 Å². The van der Waals surface area contributed by atoms with Crippen molar-refractivity contribution in [2.24, 2.45) is 0 Å². The molecule has 2 aromatic rings. The highest BCUT2D eigenvalue weighted by Gasteiger charge is 2.30. The van der Waals surface area contributed by atoms with Crippen molar-refractivity contribution in [1.82, 2.24) is 9.78 Å². The molecule has 0 aliphatic rings. The molecule has 0 spiro atoms. The summed E-state index contributed by atoms with van der Waals surface area (Å²) in [5, 5.41) is 13.7. The Bertz CT molecular complexity index is 508. The van der Waals surface area contributed by atoms with E-state index in [1.807, 2.05) is 0 Å². The van der Waals surface area contributed by atoms with Crippen LogP contribution in [0.2, 0.25) is 0 Å². The smallest absolute Gasteiger partial charge is 0.386 e. The molecule has 18 heavy (non-hydrogen) atoms. The van der Waals surface area contributed by atoms with E-state index in [0.29, 0.717) is 0 Å². The Morgan fingerprint density at radius 1 is 1.28 bits per heavy atom. The summed E-state index contributed by atoms with van der Waals surface area (Å²) in [6, 6.07) is 6.35. The Balaban J connectivity index is 2.18. The lowest BCUT2D eigenvalue weighted by atomic mass is 10.1. The number of nitrogens with zero attached hydrogens (tertiary/aromatic N) is 2. The van der Waals surface area contributed by atoms with Gasteiger partial charge in [0.05, 0.1) is 18.2 Å². The van der Waals surface area contributed by atoms with E-state index in [2.05, 4.69) is 5.10 Å². The van der Waals surface area contributed by atoms with E-state index in [1.165, 1.54) is 16.8 Å². The molecule has 1 aromatic carbocycles. The van der Waals surface area contributed by atoms with E-state index in [4.69, 9.17) is 0 Å². The van der Waals surface area contributed by atoms with Gasteiger partial charge in [0.15, 0.2) is 0 Å². The molecule has 1 atom stereocenters. The number of aromatic nitrogens is 2. The average molecular weight is 256 g/mol. The summed E-state index contributed by atoms with van der Waals surface area (Å²) in [6.45, 7) is 0.119. The Hall–Kier alpha value is -1.82. The molecular weight excluding hydrogens is 245 g/mol. The molecule has 1 heterocycles. The van der Waals surface area contributed by atoms with Gasteiger partial charge in [-0.2, -0.15) is 18.3 Å². The number of hydrogen-bond acceptors (Lipinski definition) is 2. The summed E-state index contributed by atoms with van der Waals surface area (Å²) in [7, 11) is 0. The Morgan fingerprint density at radius 3 is 2.67 bits per heavy atom. The first-order chi connectivity index (χ1) is 8.47. The first-order valence-corrected chi connectivity index (χ1v) is 5.29. The quantitative estimate of drug-likeness (QED) is 0.916. The van der Waals surface area contributed by atoms with Crippen molar-refractivity contribution in [3.8, 4) is 0 Å². The molecule has 0 fully saturated rings. The molecule has 1 unspecified atom stereocenters. The fourth-order valence-corrected chi connectivity index (χ4v) is 1.61. The van der Waals surface area contributed by atoms with E-state index in [1.54, 1.807) is 18.5 Å². The maximum absolute atomic E-state index is 12.5. The summed E-state index contributed by atoms with van der Waals surface area (Å²) in [5.41, 5.74) is -0.542. The third-order valence-corrected chi connectivity index (χ3v) is 2.52. The van der Waals surface area contributed by atoms with Crippen molar-refractivity contribution in [2.75, 3.05) is 0 Å². The first kappa shape index (κ1) is 12.6. The van der Waals surface area contributed by atoms with Gasteiger partial charge in [0.25, 0.3) is 0 Å². The number of rotatable bonds is 3. The van der Waals surface area contributed by atoms with Crippen molar-refractivity contribution in [3.05, 3.63) is 53.9 Å². The van der Waals surface area contributed by atoms with Crippen LogP contribution in [0.25, 0.3) is 0 Å². The Morgan fingerprint density at radius 2 is 2.06 bits per heavy atom. The normalized spacial score (nSPS) is 13.6. The number of alkyl halides is 3. The van der Waals surface area contributed by atoms with E-state index < -0.39 is 17.8 Å². The van der Waals surface area contributed by atoms with Crippen LogP contribution in [-0.4, -0.2) is 14.9 Å². The van der Waals surface area contributed by atoms with Crippen molar-refractivity contribution < 1.29 is 18.3 Å². The Kier molecular flexibility index (Phi) is 3.38. The fraction of sp³-hybridized carbons (Fsp3) is 0.250. The van der Waals surface area contributed by atoms with Gasteiger partial charge >= 0.3 is 6.18 Å². The maximum atomic E-state index is 12.5. The zero-order valence-corrected chi connectivity index (χ0v) is 9.30. The van der Waals surface area contributed by atoms with Crippen LogP contribution in [0, 0.1) is 0 Å². The van der Waals surface area contributed by atoms with Gasteiger partial charge in [0.2, 0.25) is 0 Å². The van der Waals surface area contributed by atoms with E-state index in [9.17, 15) is 18.3 Å². The topological polar surface area (TPSA) is 38.0 Å². The molecule has 0 bridgehead atoms. The molecule has 96 valence electrons. The molecule has 0 saturated heterocycles. The number of benzene rings is 1. The van der Waals surface area contributed by atoms with Crippen LogP contribution in [0.5, 0.6) is 0 Å². The lowest BCUT2D eigenvalue weighted by Crippen LogP contribution is -2.11. The minimum absolute atomic E-state index is 0.119. The average Bonchev–Trinajstić information content (AvgIpc) is 2.81. The predicted molar refractivity (Wildman–Crippen MR) is 58.6 cm³/mol. The van der Waals surface area contributed by atoms with Crippen molar-refractivity contribution >= 4 is 0 Å². The predicted octanol–water partition coefficient (Wildman–Crippen LogP) is 2.64. The summed E-state index contributed by atoms with van der Waals surface area (Å²) >= 11 is 0. The molecule has 1 aromatic heterocycles. The van der Waals surface area contributed by atoms with Crippen molar-refractivity contribution in [2.45, 2.75) is 18.8 Å². The van der Waals surface area contributed by atoms with Crippen LogP contribution in [-0.2, 0) is 12.7 Å². The van der Waals surface area contributed by atoms with Crippen LogP contribution in [0.15, 0.2) is 42.7 Å². The van der Waals surface area contributed by atoms with Gasteiger partial charge in [-0.15, -0.1) is 0 Å². The van der Waals surface area contributed by atoms with Gasteiger partial charge in [-0.3, -0.25) is 4.68 Å². The molecule has 0 radical (unpaired) electrons. The SMILES string of the molecule is OC(Cn1cccn1)c1cccc(C(F)(F)F)c1. The molecule has 0 aliphatic carbocycles. The van der Waals surface area contributed by atoms with E-state index >= 15 is 0 Å². The molecule has 3 nitrogen and oxygen atoms in total. The molecule has 0 amide bonds. The van der Waals surface area contributed by atoms with Gasteiger partial charge in [-0.1, -0.05) is 12.1 Å². The molecule has 2 rings (SSSR count). The molecule has 1 N–H and O–H groups in total. The molecular formula is C12H11F3N2O. The minimum atomic E-state index is -4.40. The number of halogens is 3. The van der Waals surface area contributed by atoms with Crippen LogP contribution in [0.3, 0.4) is 0 Å². The van der Waals surface area contributed by atoms with Gasteiger partial charge in [0, 0.05) is 12.4 Å². The Labute approximate surface area is 101 Å². The van der Waals surface area contributed by atoms with Crippen LogP contribution >= 0.6 is 0 Å². The van der Waals surface area contributed by atoms with Crippen molar-refractivity contribution in [1.29, 1.82) is 0 Å². The number of hydrogen-bond donors (Lipinski definition) is 1. The van der Waals surface area contributed by atoms with Crippen LogP contribution in [0.1, 0.15) is 17.2 Å². The van der Waals surface area contributed by atoms with Crippen molar-refractivity contribution in [3.63, 3.8) is 0 Å². The highest BCUT2D eigenvalue weighted by atomic mass is 19.4. The molecule has 0 aliphatic heterocycles. The van der Waals surface area contributed by atoms with Crippen LogP contribution < -0.4 is 0 Å². The summed E-state index contributed by atoms with van der Waals surface area (Å²) in [4.78, 5) is 0. The van der Waals surface area contributed by atoms with E-state index in [-0.39, 0.29) is 12.1 Å². The van der Waals surface area contributed by atoms with Gasteiger partial charge in [0.1, 0.15) is 0 Å². The largest absolute Gasteiger partial charge is 0.416 e. The third-order valence-electron chi connectivity index (χ3n) is 2.52. The zero-order chi connectivity index (χ0) is 13.2. The van der Waals surface area contributed by atoms with E-state index in [0.717, 1.165) is 12.1 Å². The second-order valence-corrected chi connectivity index (χ2v) is 3.87. The highest BCUT2D eigenvalue weighted by molar-refractivity contribution is 5.27. The number of aliphatic hydroxyl groups is 1.